The van der Waals surface area contributed by atoms with Gasteiger partial charge in [0.15, 0.2) is 0 Å². The minimum atomic E-state index is 0.0634. The van der Waals surface area contributed by atoms with E-state index in [0.29, 0.717) is 38.6 Å². The lowest BCUT2D eigenvalue weighted by atomic mass is 9.80. The van der Waals surface area contributed by atoms with E-state index in [1.807, 2.05) is 9.80 Å². The summed E-state index contributed by atoms with van der Waals surface area (Å²) in [5, 5.41) is 0. The first-order chi connectivity index (χ1) is 10.9. The minimum Gasteiger partial charge on any atom is -0.339 e. The van der Waals surface area contributed by atoms with Gasteiger partial charge in [0.2, 0.25) is 11.8 Å². The monoisotopic (exact) mass is 322 g/mol. The Morgan fingerprint density at radius 2 is 1.61 bits per heavy atom. The van der Waals surface area contributed by atoms with E-state index < -0.39 is 0 Å². The predicted octanol–water partition coefficient (Wildman–Crippen LogP) is 0.126. The van der Waals surface area contributed by atoms with Crippen LogP contribution in [0.2, 0.25) is 0 Å². The Morgan fingerprint density at radius 1 is 1.00 bits per heavy atom. The molecule has 0 bridgehead atoms. The van der Waals surface area contributed by atoms with Crippen molar-refractivity contribution >= 4 is 11.8 Å². The maximum Gasteiger partial charge on any atom is 0.236 e. The predicted molar refractivity (Wildman–Crippen MR) is 88.7 cm³/mol. The molecule has 3 fully saturated rings. The van der Waals surface area contributed by atoms with Crippen LogP contribution in [0.1, 0.15) is 33.1 Å². The first kappa shape index (κ1) is 16.7. The topological polar surface area (TPSA) is 69.9 Å². The zero-order valence-electron chi connectivity index (χ0n) is 14.5. The SMILES string of the molecule is CC1(C)CN(CC(=O)N2CCN(C(=O)C3CC3)CC2)CCC1N. The number of hydrogen-bond donors (Lipinski definition) is 1. The van der Waals surface area contributed by atoms with Crippen molar-refractivity contribution in [2.75, 3.05) is 45.8 Å². The fourth-order valence-corrected chi connectivity index (χ4v) is 3.68. The summed E-state index contributed by atoms with van der Waals surface area (Å²) in [5.74, 6) is 0.760. The standard InChI is InChI=1S/C17H30N4O2/c1-17(2)12-19(6-5-14(17)18)11-15(22)20-7-9-21(10-8-20)16(23)13-3-4-13/h13-14H,3-12,18H2,1-2H3. The van der Waals surface area contributed by atoms with Crippen molar-refractivity contribution < 1.29 is 9.59 Å². The molecule has 130 valence electrons. The van der Waals surface area contributed by atoms with Gasteiger partial charge in [-0.3, -0.25) is 14.5 Å². The van der Waals surface area contributed by atoms with Crippen LogP contribution in [0.3, 0.4) is 0 Å². The molecule has 0 aromatic carbocycles. The maximum atomic E-state index is 12.5. The van der Waals surface area contributed by atoms with Crippen molar-refractivity contribution in [1.82, 2.24) is 14.7 Å². The third kappa shape index (κ3) is 3.86. The van der Waals surface area contributed by atoms with Crippen LogP contribution in [-0.2, 0) is 9.59 Å². The molecule has 0 spiro atoms. The first-order valence-electron chi connectivity index (χ1n) is 8.91. The summed E-state index contributed by atoms with van der Waals surface area (Å²) in [6, 6.07) is 0.214. The zero-order chi connectivity index (χ0) is 16.6. The molecule has 3 aliphatic rings. The fraction of sp³-hybridized carbons (Fsp3) is 0.882. The van der Waals surface area contributed by atoms with Crippen molar-refractivity contribution in [2.24, 2.45) is 17.1 Å². The molecule has 0 aromatic heterocycles. The van der Waals surface area contributed by atoms with Gasteiger partial charge >= 0.3 is 0 Å². The molecule has 23 heavy (non-hydrogen) atoms. The molecule has 3 rings (SSSR count). The number of nitrogens with zero attached hydrogens (tertiary/aromatic N) is 3. The van der Waals surface area contributed by atoms with Crippen LogP contribution in [0.15, 0.2) is 0 Å². The molecule has 2 amide bonds. The van der Waals surface area contributed by atoms with Crippen molar-refractivity contribution in [3.8, 4) is 0 Å². The highest BCUT2D eigenvalue weighted by atomic mass is 16.2. The number of nitrogens with two attached hydrogens (primary N) is 1. The van der Waals surface area contributed by atoms with Gasteiger partial charge in [0.25, 0.3) is 0 Å². The Hall–Kier alpha value is -1.14. The van der Waals surface area contributed by atoms with Gasteiger partial charge in [0.05, 0.1) is 6.54 Å². The second-order valence-electron chi connectivity index (χ2n) is 8.07. The second kappa shape index (κ2) is 6.40. The number of likely N-dealkylation sites (tertiary alicyclic amines) is 1. The molecule has 2 heterocycles. The highest BCUT2D eigenvalue weighted by Gasteiger charge is 2.36. The van der Waals surface area contributed by atoms with Crippen LogP contribution in [0.25, 0.3) is 0 Å². The molecule has 2 saturated heterocycles. The van der Waals surface area contributed by atoms with Crippen molar-refractivity contribution in [2.45, 2.75) is 39.2 Å². The van der Waals surface area contributed by atoms with Gasteiger partial charge in [-0.05, 0) is 24.7 Å². The molecule has 6 heteroatoms. The van der Waals surface area contributed by atoms with Gasteiger partial charge in [-0.15, -0.1) is 0 Å². The summed E-state index contributed by atoms with van der Waals surface area (Å²) in [5.41, 5.74) is 6.23. The number of piperazine rings is 1. The van der Waals surface area contributed by atoms with E-state index in [2.05, 4.69) is 18.7 Å². The van der Waals surface area contributed by atoms with Gasteiger partial charge in [-0.1, -0.05) is 13.8 Å². The number of carbonyl (C=O) groups is 2. The molecule has 1 saturated carbocycles. The Morgan fingerprint density at radius 3 is 2.17 bits per heavy atom. The van der Waals surface area contributed by atoms with Crippen molar-refractivity contribution in [3.05, 3.63) is 0 Å². The zero-order valence-corrected chi connectivity index (χ0v) is 14.5. The van der Waals surface area contributed by atoms with Crippen molar-refractivity contribution in [3.63, 3.8) is 0 Å². The number of amides is 2. The van der Waals surface area contributed by atoms with Crippen LogP contribution in [0.5, 0.6) is 0 Å². The van der Waals surface area contributed by atoms with E-state index in [-0.39, 0.29) is 23.3 Å². The highest BCUT2D eigenvalue weighted by Crippen LogP contribution is 2.31. The third-order valence-corrected chi connectivity index (χ3v) is 5.62. The fourth-order valence-electron chi connectivity index (χ4n) is 3.68. The summed E-state index contributed by atoms with van der Waals surface area (Å²) in [4.78, 5) is 30.7. The number of rotatable bonds is 3. The summed E-state index contributed by atoms with van der Waals surface area (Å²) < 4.78 is 0. The average Bonchev–Trinajstić information content (AvgIpc) is 3.35. The van der Waals surface area contributed by atoms with Gasteiger partial charge in [0, 0.05) is 51.2 Å². The first-order valence-corrected chi connectivity index (χ1v) is 8.91. The van der Waals surface area contributed by atoms with Crippen LogP contribution >= 0.6 is 0 Å². The van der Waals surface area contributed by atoms with E-state index in [9.17, 15) is 9.59 Å². The van der Waals surface area contributed by atoms with Crippen LogP contribution in [-0.4, -0.2) is 78.4 Å². The van der Waals surface area contributed by atoms with Crippen LogP contribution in [0, 0.1) is 11.3 Å². The van der Waals surface area contributed by atoms with Gasteiger partial charge in [0.1, 0.15) is 0 Å². The normalized spacial score (nSPS) is 28.7. The molecule has 1 unspecified atom stereocenters. The second-order valence-corrected chi connectivity index (χ2v) is 8.07. The van der Waals surface area contributed by atoms with Crippen LogP contribution in [0.4, 0.5) is 0 Å². The van der Waals surface area contributed by atoms with E-state index in [1.165, 1.54) is 0 Å². The summed E-state index contributed by atoms with van der Waals surface area (Å²) in [7, 11) is 0. The lowest BCUT2D eigenvalue weighted by Gasteiger charge is -2.43. The van der Waals surface area contributed by atoms with E-state index in [4.69, 9.17) is 5.73 Å². The Balaban J connectivity index is 1.45. The number of piperidine rings is 1. The van der Waals surface area contributed by atoms with E-state index >= 15 is 0 Å². The lowest BCUT2D eigenvalue weighted by Crippen LogP contribution is -2.56. The minimum absolute atomic E-state index is 0.0634. The molecule has 1 aliphatic carbocycles. The summed E-state index contributed by atoms with van der Waals surface area (Å²) in [6.45, 7) is 9.34. The Kier molecular flexibility index (Phi) is 4.65. The highest BCUT2D eigenvalue weighted by molar-refractivity contribution is 5.82. The Bertz CT molecular complexity index is 467. The lowest BCUT2D eigenvalue weighted by molar-refractivity contribution is -0.141. The molecule has 0 radical (unpaired) electrons. The number of hydrogen-bond acceptors (Lipinski definition) is 4. The van der Waals surface area contributed by atoms with Crippen molar-refractivity contribution in [1.29, 1.82) is 0 Å². The quantitative estimate of drug-likeness (QED) is 0.802. The molecule has 1 atom stereocenters. The Labute approximate surface area is 139 Å². The van der Waals surface area contributed by atoms with Gasteiger partial charge < -0.3 is 15.5 Å². The molecule has 2 aliphatic heterocycles. The molecule has 0 aromatic rings. The van der Waals surface area contributed by atoms with Crippen LogP contribution < -0.4 is 5.73 Å². The van der Waals surface area contributed by atoms with E-state index in [1.54, 1.807) is 0 Å². The molecule has 2 N–H and O–H groups in total. The smallest absolute Gasteiger partial charge is 0.236 e. The largest absolute Gasteiger partial charge is 0.339 e. The molecule has 6 nitrogen and oxygen atoms in total. The van der Waals surface area contributed by atoms with Gasteiger partial charge in [-0.25, -0.2) is 0 Å². The molecular formula is C17H30N4O2. The van der Waals surface area contributed by atoms with E-state index in [0.717, 1.165) is 32.4 Å². The third-order valence-electron chi connectivity index (χ3n) is 5.62. The molecular weight excluding hydrogens is 292 g/mol. The average molecular weight is 322 g/mol. The maximum absolute atomic E-state index is 12.5. The summed E-state index contributed by atoms with van der Waals surface area (Å²) >= 11 is 0. The number of carbonyl (C=O) groups excluding carboxylic acids is 2. The summed E-state index contributed by atoms with van der Waals surface area (Å²) in [6.07, 6.45) is 3.04. The van der Waals surface area contributed by atoms with Gasteiger partial charge in [-0.2, -0.15) is 0 Å².